The number of methoxy groups -OCH3 is 1. The van der Waals surface area contributed by atoms with Crippen molar-refractivity contribution in [1.82, 2.24) is 4.90 Å². The van der Waals surface area contributed by atoms with Crippen LogP contribution in [0, 0.1) is 0 Å². The molecular formula is C26H25N3O3. The van der Waals surface area contributed by atoms with Crippen molar-refractivity contribution in [3.8, 4) is 16.9 Å². The quantitative estimate of drug-likeness (QED) is 0.683. The number of hydrogen-bond donors (Lipinski definition) is 1. The van der Waals surface area contributed by atoms with Crippen molar-refractivity contribution in [3.05, 3.63) is 89.5 Å². The van der Waals surface area contributed by atoms with Gasteiger partial charge in [0.2, 0.25) is 0 Å². The number of guanidine groups is 1. The number of amides is 1. The lowest BCUT2D eigenvalue weighted by atomic mass is 9.79. The van der Waals surface area contributed by atoms with Gasteiger partial charge in [0.1, 0.15) is 11.9 Å². The summed E-state index contributed by atoms with van der Waals surface area (Å²) in [4.78, 5) is 19.6. The van der Waals surface area contributed by atoms with E-state index in [2.05, 4.69) is 12.1 Å². The molecule has 3 aromatic rings. The number of benzene rings is 3. The maximum Gasteiger partial charge on any atom is 0.261 e. The molecule has 1 amide bonds. The number of nitrogens with two attached hydrogens (primary N) is 1. The molecule has 2 unspecified atom stereocenters. The molecule has 0 radical (unpaired) electrons. The normalized spacial score (nSPS) is 21.9. The SMILES string of the molecule is COCc1ccc(-c2ccc3c(c2)C2(CC(c4ccccc4)O3)N=C(N)N(C)C2=O)cc1. The molecule has 32 heavy (non-hydrogen) atoms. The molecular weight excluding hydrogens is 402 g/mol. The van der Waals surface area contributed by atoms with Crippen molar-refractivity contribution in [2.75, 3.05) is 14.2 Å². The molecule has 0 fully saturated rings. The number of fused-ring (bicyclic) bond motifs is 2. The third-order valence-corrected chi connectivity index (χ3v) is 6.25. The first kappa shape index (κ1) is 20.3. The Morgan fingerprint density at radius 2 is 1.81 bits per heavy atom. The number of aliphatic imine (C=N–C) groups is 1. The second kappa shape index (κ2) is 7.80. The van der Waals surface area contributed by atoms with Gasteiger partial charge < -0.3 is 15.2 Å². The fraction of sp³-hybridized carbons (Fsp3) is 0.231. The van der Waals surface area contributed by atoms with E-state index in [4.69, 9.17) is 20.2 Å². The van der Waals surface area contributed by atoms with Gasteiger partial charge in [-0.2, -0.15) is 0 Å². The number of carbonyl (C=O) groups is 1. The molecule has 0 saturated carbocycles. The Balaban J connectivity index is 1.61. The van der Waals surface area contributed by atoms with E-state index >= 15 is 0 Å². The molecule has 0 bridgehead atoms. The summed E-state index contributed by atoms with van der Waals surface area (Å²) in [6.07, 6.45) is 0.0966. The molecule has 0 saturated heterocycles. The fourth-order valence-corrected chi connectivity index (χ4v) is 4.53. The predicted octanol–water partition coefficient (Wildman–Crippen LogP) is 4.01. The molecule has 2 atom stereocenters. The topological polar surface area (TPSA) is 77.2 Å². The zero-order valence-electron chi connectivity index (χ0n) is 18.1. The zero-order valence-corrected chi connectivity index (χ0v) is 18.1. The minimum atomic E-state index is -1.10. The standard InChI is InChI=1S/C26H25N3O3/c1-29-24(30)26(28-25(29)27)15-23(19-6-4-3-5-7-19)32-22-13-12-20(14-21(22)26)18-10-8-17(9-11-18)16-31-2/h3-14,23H,15-16H2,1-2H3,(H2,27,28). The van der Waals surface area contributed by atoms with Gasteiger partial charge in [-0.1, -0.05) is 60.7 Å². The van der Waals surface area contributed by atoms with Crippen molar-refractivity contribution in [1.29, 1.82) is 0 Å². The number of likely N-dealkylation sites (N-methyl/N-ethyl adjacent to an activating group) is 1. The summed E-state index contributed by atoms with van der Waals surface area (Å²) >= 11 is 0. The Bertz CT molecular complexity index is 1190. The highest BCUT2D eigenvalue weighted by Gasteiger charge is 2.53. The molecule has 1 spiro atoms. The third-order valence-electron chi connectivity index (χ3n) is 6.25. The Kier molecular flexibility index (Phi) is 4.94. The van der Waals surface area contributed by atoms with E-state index < -0.39 is 5.54 Å². The Morgan fingerprint density at radius 3 is 2.47 bits per heavy atom. The Hall–Kier alpha value is -3.64. The van der Waals surface area contributed by atoms with Crippen molar-refractivity contribution in [2.45, 2.75) is 24.7 Å². The van der Waals surface area contributed by atoms with E-state index in [1.807, 2.05) is 60.7 Å². The average molecular weight is 428 g/mol. The summed E-state index contributed by atoms with van der Waals surface area (Å²) in [5.74, 6) is 0.752. The summed E-state index contributed by atoms with van der Waals surface area (Å²) in [5.41, 5.74) is 9.91. The van der Waals surface area contributed by atoms with Crippen LogP contribution in [-0.2, 0) is 21.7 Å². The van der Waals surface area contributed by atoms with Crippen LogP contribution in [0.25, 0.3) is 11.1 Å². The van der Waals surface area contributed by atoms with Gasteiger partial charge in [-0.3, -0.25) is 9.69 Å². The highest BCUT2D eigenvalue weighted by Crippen LogP contribution is 2.50. The molecule has 162 valence electrons. The van der Waals surface area contributed by atoms with Gasteiger partial charge in [0.15, 0.2) is 11.5 Å². The first-order chi connectivity index (χ1) is 15.5. The summed E-state index contributed by atoms with van der Waals surface area (Å²) in [6, 6.07) is 24.1. The van der Waals surface area contributed by atoms with Crippen molar-refractivity contribution < 1.29 is 14.3 Å². The van der Waals surface area contributed by atoms with Gasteiger partial charge in [-0.15, -0.1) is 0 Å². The van der Waals surface area contributed by atoms with Gasteiger partial charge in [-0.25, -0.2) is 4.99 Å². The van der Waals surface area contributed by atoms with E-state index in [0.717, 1.165) is 27.8 Å². The second-order valence-corrected chi connectivity index (χ2v) is 8.26. The molecule has 2 N–H and O–H groups in total. The van der Waals surface area contributed by atoms with Gasteiger partial charge >= 0.3 is 0 Å². The van der Waals surface area contributed by atoms with Crippen LogP contribution in [0.5, 0.6) is 5.75 Å². The summed E-state index contributed by atoms with van der Waals surface area (Å²) in [7, 11) is 3.35. The van der Waals surface area contributed by atoms with Crippen LogP contribution in [-0.4, -0.2) is 30.9 Å². The first-order valence-corrected chi connectivity index (χ1v) is 10.6. The third kappa shape index (κ3) is 3.24. The number of nitrogens with zero attached hydrogens (tertiary/aromatic N) is 2. The van der Waals surface area contributed by atoms with Gasteiger partial charge in [-0.05, 0) is 34.4 Å². The van der Waals surface area contributed by atoms with Crippen LogP contribution in [0.2, 0.25) is 0 Å². The molecule has 0 aromatic heterocycles. The molecule has 6 nitrogen and oxygen atoms in total. The molecule has 3 aromatic carbocycles. The van der Waals surface area contributed by atoms with E-state index in [9.17, 15) is 4.79 Å². The smallest absolute Gasteiger partial charge is 0.261 e. The summed E-state index contributed by atoms with van der Waals surface area (Å²) in [5, 5.41) is 0. The summed E-state index contributed by atoms with van der Waals surface area (Å²) in [6.45, 7) is 0.567. The molecule has 2 aliphatic rings. The molecule has 2 aliphatic heterocycles. The maximum absolute atomic E-state index is 13.5. The average Bonchev–Trinajstić information content (AvgIpc) is 3.04. The van der Waals surface area contributed by atoms with Crippen molar-refractivity contribution in [2.24, 2.45) is 10.7 Å². The van der Waals surface area contributed by atoms with Gasteiger partial charge in [0.05, 0.1) is 6.61 Å². The number of ether oxygens (including phenoxy) is 2. The largest absolute Gasteiger partial charge is 0.485 e. The highest BCUT2D eigenvalue weighted by molar-refractivity contribution is 6.07. The highest BCUT2D eigenvalue weighted by atomic mass is 16.5. The number of hydrogen-bond acceptors (Lipinski definition) is 5. The first-order valence-electron chi connectivity index (χ1n) is 10.6. The van der Waals surface area contributed by atoms with E-state index in [1.165, 1.54) is 4.90 Å². The van der Waals surface area contributed by atoms with Crippen LogP contribution >= 0.6 is 0 Å². The maximum atomic E-state index is 13.5. The fourth-order valence-electron chi connectivity index (χ4n) is 4.53. The number of rotatable bonds is 4. The summed E-state index contributed by atoms with van der Waals surface area (Å²) < 4.78 is 11.6. The van der Waals surface area contributed by atoms with Crippen molar-refractivity contribution in [3.63, 3.8) is 0 Å². The van der Waals surface area contributed by atoms with Crippen LogP contribution in [0.3, 0.4) is 0 Å². The minimum absolute atomic E-state index is 0.131. The van der Waals surface area contributed by atoms with E-state index in [0.29, 0.717) is 18.8 Å². The van der Waals surface area contributed by atoms with Crippen LogP contribution in [0.4, 0.5) is 0 Å². The van der Waals surface area contributed by atoms with Crippen molar-refractivity contribution >= 4 is 11.9 Å². The van der Waals surface area contributed by atoms with E-state index in [1.54, 1.807) is 14.2 Å². The lowest BCUT2D eigenvalue weighted by Gasteiger charge is -2.37. The predicted molar refractivity (Wildman–Crippen MR) is 123 cm³/mol. The lowest BCUT2D eigenvalue weighted by molar-refractivity contribution is -0.132. The zero-order chi connectivity index (χ0) is 22.3. The number of carbonyl (C=O) groups excluding carboxylic acids is 1. The lowest BCUT2D eigenvalue weighted by Crippen LogP contribution is -2.43. The van der Waals surface area contributed by atoms with Gasteiger partial charge in [0, 0.05) is 26.1 Å². The monoisotopic (exact) mass is 427 g/mol. The Morgan fingerprint density at radius 1 is 1.09 bits per heavy atom. The second-order valence-electron chi connectivity index (χ2n) is 8.26. The Labute approximate surface area is 187 Å². The molecule has 5 rings (SSSR count). The van der Waals surface area contributed by atoms with E-state index in [-0.39, 0.29) is 18.0 Å². The molecule has 2 heterocycles. The van der Waals surface area contributed by atoms with Crippen LogP contribution in [0.15, 0.2) is 77.8 Å². The van der Waals surface area contributed by atoms with Crippen LogP contribution < -0.4 is 10.5 Å². The molecule has 0 aliphatic carbocycles. The minimum Gasteiger partial charge on any atom is -0.485 e. The molecule has 6 heteroatoms. The van der Waals surface area contributed by atoms with Gasteiger partial charge in [0.25, 0.3) is 5.91 Å². The van der Waals surface area contributed by atoms with Crippen LogP contribution in [0.1, 0.15) is 29.2 Å².